The number of halogens is 1. The number of thioether (sulfide) groups is 1. The number of hydrogen-bond acceptors (Lipinski definition) is 8. The third-order valence-corrected chi connectivity index (χ3v) is 7.23. The number of nitrogens with zero attached hydrogens (tertiary/aromatic N) is 4. The van der Waals surface area contributed by atoms with Crippen molar-refractivity contribution in [2.24, 2.45) is 0 Å². The van der Waals surface area contributed by atoms with Gasteiger partial charge in [-0.2, -0.15) is 4.37 Å². The molecule has 1 unspecified atom stereocenters. The van der Waals surface area contributed by atoms with Crippen molar-refractivity contribution >= 4 is 50.1 Å². The molecule has 142 valence electrons. The van der Waals surface area contributed by atoms with Crippen LogP contribution in [0.1, 0.15) is 29.3 Å². The highest BCUT2D eigenvalue weighted by atomic mass is 35.5. The van der Waals surface area contributed by atoms with Crippen molar-refractivity contribution in [1.29, 1.82) is 0 Å². The van der Waals surface area contributed by atoms with Crippen LogP contribution in [0.5, 0.6) is 0 Å². The molecule has 11 heteroatoms. The second-order valence-electron chi connectivity index (χ2n) is 5.67. The minimum Gasteiger partial charge on any atom is -0.253 e. The van der Waals surface area contributed by atoms with Crippen LogP contribution in [0.25, 0.3) is 0 Å². The summed E-state index contributed by atoms with van der Waals surface area (Å²) < 4.78 is 32.0. The van der Waals surface area contributed by atoms with Crippen LogP contribution in [0.3, 0.4) is 0 Å². The molecule has 2 heterocycles. The minimum atomic E-state index is -3.80. The van der Waals surface area contributed by atoms with Crippen LogP contribution in [0.15, 0.2) is 40.5 Å². The zero-order chi connectivity index (χ0) is 19.6. The largest absolute Gasteiger partial charge is 0.264 e. The van der Waals surface area contributed by atoms with E-state index in [1.54, 1.807) is 25.3 Å². The number of benzene rings is 1. The Morgan fingerprint density at radius 3 is 2.74 bits per heavy atom. The molecule has 7 nitrogen and oxygen atoms in total. The molecule has 0 spiro atoms. The molecule has 3 aromatic rings. The molecule has 1 N–H and O–H groups in total. The van der Waals surface area contributed by atoms with Gasteiger partial charge >= 0.3 is 0 Å². The first-order valence-electron chi connectivity index (χ1n) is 7.84. The predicted octanol–water partition coefficient (Wildman–Crippen LogP) is 4.25. The molecule has 0 radical (unpaired) electrons. The fraction of sp³-hybridized carbons (Fsp3) is 0.250. The molecule has 0 amide bonds. The summed E-state index contributed by atoms with van der Waals surface area (Å²) in [7, 11) is -3.80. The molecule has 1 aromatic carbocycles. The summed E-state index contributed by atoms with van der Waals surface area (Å²) in [5.41, 5.74) is 1.35. The summed E-state index contributed by atoms with van der Waals surface area (Å²) in [6.45, 7) is 5.46. The van der Waals surface area contributed by atoms with Crippen LogP contribution in [0, 0.1) is 13.8 Å². The Hall–Kier alpha value is -1.75. The van der Waals surface area contributed by atoms with Gasteiger partial charge in [-0.3, -0.25) is 4.72 Å². The van der Waals surface area contributed by atoms with Crippen LogP contribution < -0.4 is 4.72 Å². The first-order valence-corrected chi connectivity index (χ1v) is 11.4. The molecule has 3 rings (SSSR count). The summed E-state index contributed by atoms with van der Waals surface area (Å²) in [6, 6.07) is 6.56. The van der Waals surface area contributed by atoms with Gasteiger partial charge in [0, 0.05) is 28.4 Å². The Kier molecular flexibility index (Phi) is 5.99. The van der Waals surface area contributed by atoms with Gasteiger partial charge in [-0.25, -0.2) is 23.4 Å². The van der Waals surface area contributed by atoms with Crippen LogP contribution in [0.4, 0.5) is 5.13 Å². The zero-order valence-corrected chi connectivity index (χ0v) is 17.9. The standard InChI is InChI=1S/C16H16ClN5O2S3/c1-9-7-8-18-15(19-9)25-11(3)14-20-16(26-21-14)22-27(23,24)13-6-4-5-12(17)10(13)2/h4-8,11H,1-3H3,(H,20,21,22). The normalized spacial score (nSPS) is 12.7. The Bertz CT molecular complexity index is 1070. The minimum absolute atomic E-state index is 0.113. The van der Waals surface area contributed by atoms with E-state index in [0.29, 0.717) is 21.6 Å². The summed E-state index contributed by atoms with van der Waals surface area (Å²) in [5.74, 6) is 0.510. The van der Waals surface area contributed by atoms with Gasteiger partial charge in [0.25, 0.3) is 10.0 Å². The highest BCUT2D eigenvalue weighted by Gasteiger charge is 2.22. The highest BCUT2D eigenvalue weighted by molar-refractivity contribution is 7.99. The molecule has 27 heavy (non-hydrogen) atoms. The molecule has 0 aliphatic heterocycles. The van der Waals surface area contributed by atoms with Gasteiger partial charge in [0.2, 0.25) is 5.13 Å². The average molecular weight is 442 g/mol. The molecular weight excluding hydrogens is 426 g/mol. The van der Waals surface area contributed by atoms with E-state index in [0.717, 1.165) is 17.2 Å². The second kappa shape index (κ2) is 8.09. The smallest absolute Gasteiger partial charge is 0.253 e. The fourth-order valence-corrected chi connectivity index (χ4v) is 5.47. The monoisotopic (exact) mass is 441 g/mol. The average Bonchev–Trinajstić information content (AvgIpc) is 3.05. The van der Waals surface area contributed by atoms with E-state index in [-0.39, 0.29) is 15.3 Å². The number of aryl methyl sites for hydroxylation is 1. The van der Waals surface area contributed by atoms with Gasteiger partial charge in [-0.05, 0) is 44.5 Å². The lowest BCUT2D eigenvalue weighted by molar-refractivity contribution is 0.600. The second-order valence-corrected chi connectivity index (χ2v) is 9.78. The van der Waals surface area contributed by atoms with E-state index in [9.17, 15) is 8.42 Å². The van der Waals surface area contributed by atoms with E-state index < -0.39 is 10.0 Å². The van der Waals surface area contributed by atoms with Crippen molar-refractivity contribution in [3.63, 3.8) is 0 Å². The first-order chi connectivity index (χ1) is 12.8. The molecule has 0 bridgehead atoms. The first kappa shape index (κ1) is 20.0. The molecule has 2 aromatic heterocycles. The van der Waals surface area contributed by atoms with Gasteiger partial charge in [0.15, 0.2) is 11.0 Å². The predicted molar refractivity (Wildman–Crippen MR) is 108 cm³/mol. The topological polar surface area (TPSA) is 97.7 Å². The molecule has 0 aliphatic carbocycles. The van der Waals surface area contributed by atoms with E-state index >= 15 is 0 Å². The maximum absolute atomic E-state index is 12.6. The van der Waals surface area contributed by atoms with Gasteiger partial charge < -0.3 is 0 Å². The molecule has 0 aliphatic rings. The van der Waals surface area contributed by atoms with Gasteiger partial charge in [-0.1, -0.05) is 29.4 Å². The molecule has 0 fully saturated rings. The molecule has 0 saturated carbocycles. The lowest BCUT2D eigenvalue weighted by atomic mass is 10.2. The number of sulfonamides is 1. The number of anilines is 1. The van der Waals surface area contributed by atoms with Crippen molar-refractivity contribution in [3.8, 4) is 0 Å². The third-order valence-electron chi connectivity index (χ3n) is 3.59. The van der Waals surface area contributed by atoms with Gasteiger partial charge in [-0.15, -0.1) is 0 Å². The van der Waals surface area contributed by atoms with Crippen LogP contribution in [-0.2, 0) is 10.0 Å². The Labute approximate surface area is 170 Å². The van der Waals surface area contributed by atoms with E-state index in [4.69, 9.17) is 11.6 Å². The van der Waals surface area contributed by atoms with Gasteiger partial charge in [0.1, 0.15) is 0 Å². The van der Waals surface area contributed by atoms with Gasteiger partial charge in [0.05, 0.1) is 10.1 Å². The van der Waals surface area contributed by atoms with E-state index in [1.165, 1.54) is 17.8 Å². The zero-order valence-electron chi connectivity index (χ0n) is 14.7. The highest BCUT2D eigenvalue weighted by Crippen LogP contribution is 2.33. The summed E-state index contributed by atoms with van der Waals surface area (Å²) in [6.07, 6.45) is 1.69. The van der Waals surface area contributed by atoms with Crippen molar-refractivity contribution in [2.45, 2.75) is 36.1 Å². The van der Waals surface area contributed by atoms with E-state index in [2.05, 4.69) is 24.0 Å². The summed E-state index contributed by atoms with van der Waals surface area (Å²) >= 11 is 8.42. The molecular formula is C16H16ClN5O2S3. The maximum Gasteiger partial charge on any atom is 0.264 e. The van der Waals surface area contributed by atoms with Crippen molar-refractivity contribution in [1.82, 2.24) is 19.3 Å². The summed E-state index contributed by atoms with van der Waals surface area (Å²) in [5, 5.41) is 1.07. The van der Waals surface area contributed by atoms with Crippen molar-refractivity contribution in [2.75, 3.05) is 4.72 Å². The Balaban J connectivity index is 1.76. The lowest BCUT2D eigenvalue weighted by Gasteiger charge is -2.09. The molecule has 1 atom stereocenters. The van der Waals surface area contributed by atoms with Crippen molar-refractivity contribution in [3.05, 3.63) is 52.6 Å². The molecule has 0 saturated heterocycles. The number of nitrogens with one attached hydrogen (secondary N) is 1. The lowest BCUT2D eigenvalue weighted by Crippen LogP contribution is -2.14. The van der Waals surface area contributed by atoms with Crippen LogP contribution in [0.2, 0.25) is 5.02 Å². The van der Waals surface area contributed by atoms with Crippen LogP contribution in [-0.4, -0.2) is 27.7 Å². The van der Waals surface area contributed by atoms with Crippen LogP contribution >= 0.6 is 34.9 Å². The van der Waals surface area contributed by atoms with Crippen molar-refractivity contribution < 1.29 is 8.42 Å². The SMILES string of the molecule is Cc1ccnc(SC(C)c2nsc(NS(=O)(=O)c3cccc(Cl)c3C)n2)n1. The Morgan fingerprint density at radius 2 is 2.00 bits per heavy atom. The Morgan fingerprint density at radius 1 is 1.22 bits per heavy atom. The fourth-order valence-electron chi connectivity index (χ4n) is 2.18. The maximum atomic E-state index is 12.6. The number of hydrogen-bond donors (Lipinski definition) is 1. The quantitative estimate of drug-likeness (QED) is 0.451. The van der Waals surface area contributed by atoms with E-state index in [1.807, 2.05) is 19.9 Å². The summed E-state index contributed by atoms with van der Waals surface area (Å²) in [4.78, 5) is 13.0. The number of rotatable bonds is 6. The third kappa shape index (κ3) is 4.75. The number of aromatic nitrogens is 4.